The summed E-state index contributed by atoms with van der Waals surface area (Å²) in [5, 5.41) is 0. The minimum Gasteiger partial charge on any atom is -0.399 e. The minimum absolute atomic E-state index is 0.139. The number of nitrogens with zero attached hydrogens (tertiary/aromatic N) is 1. The van der Waals surface area contributed by atoms with Gasteiger partial charge in [-0.15, -0.1) is 0 Å². The van der Waals surface area contributed by atoms with E-state index in [1.165, 1.54) is 12.1 Å². The predicted octanol–water partition coefficient (Wildman–Crippen LogP) is 1.79. The van der Waals surface area contributed by atoms with Crippen LogP contribution in [0.3, 0.4) is 0 Å². The van der Waals surface area contributed by atoms with Crippen LogP contribution >= 0.6 is 0 Å². The molecule has 0 saturated heterocycles. The number of halogens is 1. The second kappa shape index (κ2) is 5.87. The topological polar surface area (TPSA) is 85.1 Å². The minimum atomic E-state index is -3.64. The predicted molar refractivity (Wildman–Crippen MR) is 76.2 cm³/mol. The average molecular weight is 295 g/mol. The summed E-state index contributed by atoms with van der Waals surface area (Å²) in [6, 6.07) is 7.20. The molecule has 0 atom stereocenters. The van der Waals surface area contributed by atoms with Gasteiger partial charge in [-0.3, -0.25) is 9.71 Å². The molecular weight excluding hydrogens is 281 g/mol. The van der Waals surface area contributed by atoms with Crippen LogP contribution in [0, 0.1) is 5.82 Å². The third kappa shape index (κ3) is 3.92. The van der Waals surface area contributed by atoms with E-state index in [1.807, 2.05) is 0 Å². The molecule has 20 heavy (non-hydrogen) atoms. The first-order chi connectivity index (χ1) is 9.46. The highest BCUT2D eigenvalue weighted by Gasteiger charge is 2.13. The monoisotopic (exact) mass is 295 g/mol. The fraction of sp³-hybridized carbons (Fsp3) is 0.154. The highest BCUT2D eigenvalue weighted by Crippen LogP contribution is 2.19. The maximum atomic E-state index is 13.5. The molecule has 7 heteroatoms. The molecule has 0 fully saturated rings. The second-order valence-electron chi connectivity index (χ2n) is 4.27. The van der Waals surface area contributed by atoms with Crippen LogP contribution in [0.1, 0.15) is 5.56 Å². The molecule has 0 radical (unpaired) electrons. The summed E-state index contributed by atoms with van der Waals surface area (Å²) in [5.74, 6) is -0.808. The van der Waals surface area contributed by atoms with Crippen LogP contribution in [-0.2, 0) is 16.4 Å². The maximum absolute atomic E-state index is 13.5. The Morgan fingerprint density at radius 3 is 2.60 bits per heavy atom. The Labute approximate surface area is 116 Å². The number of anilines is 2. The largest absolute Gasteiger partial charge is 0.399 e. The van der Waals surface area contributed by atoms with E-state index in [9.17, 15) is 12.8 Å². The highest BCUT2D eigenvalue weighted by molar-refractivity contribution is 7.92. The van der Waals surface area contributed by atoms with E-state index < -0.39 is 15.8 Å². The molecule has 0 bridgehead atoms. The van der Waals surface area contributed by atoms with E-state index in [0.29, 0.717) is 12.1 Å². The zero-order valence-corrected chi connectivity index (χ0v) is 11.4. The van der Waals surface area contributed by atoms with Crippen molar-refractivity contribution in [3.63, 3.8) is 0 Å². The summed E-state index contributed by atoms with van der Waals surface area (Å²) in [4.78, 5) is 3.85. The van der Waals surface area contributed by atoms with Crippen molar-refractivity contribution in [2.24, 2.45) is 0 Å². The molecule has 1 aromatic heterocycles. The number of aromatic nitrogens is 1. The number of hydrogen-bond donors (Lipinski definition) is 2. The lowest BCUT2D eigenvalue weighted by atomic mass is 10.2. The molecule has 0 aliphatic heterocycles. The number of nitrogens with one attached hydrogen (secondary N) is 1. The number of nitrogen functional groups attached to an aromatic ring is 1. The van der Waals surface area contributed by atoms with Crippen LogP contribution in [0.15, 0.2) is 42.7 Å². The lowest BCUT2D eigenvalue weighted by Crippen LogP contribution is -2.19. The van der Waals surface area contributed by atoms with Crippen molar-refractivity contribution in [2.75, 3.05) is 16.2 Å². The molecule has 5 nitrogen and oxygen atoms in total. The maximum Gasteiger partial charge on any atom is 0.233 e. The summed E-state index contributed by atoms with van der Waals surface area (Å²) in [5.41, 5.74) is 6.50. The van der Waals surface area contributed by atoms with Crippen molar-refractivity contribution in [3.05, 3.63) is 54.1 Å². The summed E-state index contributed by atoms with van der Waals surface area (Å²) >= 11 is 0. The fourth-order valence-corrected chi connectivity index (χ4v) is 2.74. The zero-order chi connectivity index (χ0) is 14.6. The van der Waals surface area contributed by atoms with Gasteiger partial charge in [-0.2, -0.15) is 0 Å². The van der Waals surface area contributed by atoms with E-state index in [4.69, 9.17) is 5.73 Å². The van der Waals surface area contributed by atoms with Crippen molar-refractivity contribution in [3.8, 4) is 0 Å². The SMILES string of the molecule is Nc1ccc(F)c(NS(=O)(=O)CCc2ccncc2)c1. The van der Waals surface area contributed by atoms with Crippen LogP contribution < -0.4 is 10.5 Å². The summed E-state index contributed by atoms with van der Waals surface area (Å²) < 4.78 is 39.5. The van der Waals surface area contributed by atoms with E-state index in [-0.39, 0.29) is 11.4 Å². The quantitative estimate of drug-likeness (QED) is 0.823. The van der Waals surface area contributed by atoms with Crippen LogP contribution in [0.5, 0.6) is 0 Å². The molecule has 0 unspecified atom stereocenters. The molecule has 0 aliphatic rings. The summed E-state index contributed by atoms with van der Waals surface area (Å²) in [6.45, 7) is 0. The average Bonchev–Trinajstić information content (AvgIpc) is 2.42. The first kappa shape index (κ1) is 14.3. The van der Waals surface area contributed by atoms with Crippen LogP contribution in [0.2, 0.25) is 0 Å². The number of sulfonamides is 1. The number of pyridine rings is 1. The lowest BCUT2D eigenvalue weighted by Gasteiger charge is -2.09. The molecule has 3 N–H and O–H groups in total. The molecule has 2 rings (SSSR count). The smallest absolute Gasteiger partial charge is 0.233 e. The molecule has 1 heterocycles. The number of rotatable bonds is 5. The number of nitrogens with two attached hydrogens (primary N) is 1. The third-order valence-corrected chi connectivity index (χ3v) is 3.94. The number of aryl methyl sites for hydroxylation is 1. The molecule has 2 aromatic rings. The zero-order valence-electron chi connectivity index (χ0n) is 10.6. The van der Waals surface area contributed by atoms with Crippen molar-refractivity contribution in [1.82, 2.24) is 4.98 Å². The van der Waals surface area contributed by atoms with Gasteiger partial charge < -0.3 is 5.73 Å². The first-order valence-corrected chi connectivity index (χ1v) is 7.56. The van der Waals surface area contributed by atoms with Crippen LogP contribution in [-0.4, -0.2) is 19.2 Å². The van der Waals surface area contributed by atoms with Gasteiger partial charge in [-0.25, -0.2) is 12.8 Å². The molecule has 0 spiro atoms. The van der Waals surface area contributed by atoms with Gasteiger partial charge in [-0.1, -0.05) is 0 Å². The van der Waals surface area contributed by atoms with Gasteiger partial charge in [0.1, 0.15) is 5.82 Å². The second-order valence-corrected chi connectivity index (χ2v) is 6.11. The Bertz CT molecular complexity index is 690. The summed E-state index contributed by atoms with van der Waals surface area (Å²) in [6.07, 6.45) is 3.50. The standard InChI is InChI=1S/C13H14FN3O2S/c14-12-2-1-11(15)9-13(12)17-20(18,19)8-5-10-3-6-16-7-4-10/h1-4,6-7,9,17H,5,8,15H2. The Morgan fingerprint density at radius 2 is 1.90 bits per heavy atom. The Morgan fingerprint density at radius 1 is 1.20 bits per heavy atom. The van der Waals surface area contributed by atoms with E-state index >= 15 is 0 Å². The molecule has 0 amide bonds. The normalized spacial score (nSPS) is 11.2. The van der Waals surface area contributed by atoms with Crippen LogP contribution in [0.4, 0.5) is 15.8 Å². The van der Waals surface area contributed by atoms with Crippen molar-refractivity contribution in [1.29, 1.82) is 0 Å². The van der Waals surface area contributed by atoms with Gasteiger partial charge >= 0.3 is 0 Å². The highest BCUT2D eigenvalue weighted by atomic mass is 32.2. The van der Waals surface area contributed by atoms with Gasteiger partial charge in [0.25, 0.3) is 0 Å². The molecule has 0 aliphatic carbocycles. The van der Waals surface area contributed by atoms with Crippen molar-refractivity contribution >= 4 is 21.4 Å². The Kier molecular flexibility index (Phi) is 4.19. The van der Waals surface area contributed by atoms with E-state index in [2.05, 4.69) is 9.71 Å². The van der Waals surface area contributed by atoms with Gasteiger partial charge in [0.05, 0.1) is 11.4 Å². The number of hydrogen-bond acceptors (Lipinski definition) is 4. The molecule has 1 aromatic carbocycles. The van der Waals surface area contributed by atoms with Crippen LogP contribution in [0.25, 0.3) is 0 Å². The fourth-order valence-electron chi connectivity index (χ4n) is 1.64. The van der Waals surface area contributed by atoms with E-state index in [0.717, 1.165) is 11.6 Å². The van der Waals surface area contributed by atoms with E-state index in [1.54, 1.807) is 24.5 Å². The van der Waals surface area contributed by atoms with Gasteiger partial charge in [0, 0.05) is 18.1 Å². The van der Waals surface area contributed by atoms with Crippen molar-refractivity contribution < 1.29 is 12.8 Å². The van der Waals surface area contributed by atoms with Gasteiger partial charge in [0.15, 0.2) is 0 Å². The first-order valence-electron chi connectivity index (χ1n) is 5.91. The lowest BCUT2D eigenvalue weighted by molar-refractivity contribution is 0.598. The number of benzene rings is 1. The molecule has 0 saturated carbocycles. The molecular formula is C13H14FN3O2S. The third-order valence-electron chi connectivity index (χ3n) is 2.66. The Balaban J connectivity index is 2.06. The van der Waals surface area contributed by atoms with Gasteiger partial charge in [-0.05, 0) is 42.3 Å². The Hall–Kier alpha value is -2.15. The molecule has 106 valence electrons. The van der Waals surface area contributed by atoms with Gasteiger partial charge in [0.2, 0.25) is 10.0 Å². The van der Waals surface area contributed by atoms with Crippen molar-refractivity contribution in [2.45, 2.75) is 6.42 Å². The summed E-state index contributed by atoms with van der Waals surface area (Å²) in [7, 11) is -3.64.